The topological polar surface area (TPSA) is 59.1 Å². The van der Waals surface area contributed by atoms with Crippen LogP contribution in [-0.2, 0) is 14.3 Å². The van der Waals surface area contributed by atoms with E-state index in [0.29, 0.717) is 0 Å². The Morgan fingerprint density at radius 1 is 1.07 bits per heavy atom. The first kappa shape index (κ1) is 18.3. The van der Waals surface area contributed by atoms with Crippen LogP contribution in [0.5, 0.6) is 5.75 Å². The van der Waals surface area contributed by atoms with Gasteiger partial charge in [-0.2, -0.15) is 0 Å². The molecular weight excluding hydrogens is 344 g/mol. The van der Waals surface area contributed by atoms with Crippen molar-refractivity contribution in [2.75, 3.05) is 26.8 Å². The van der Waals surface area contributed by atoms with Crippen molar-refractivity contribution in [1.29, 1.82) is 0 Å². The maximum atomic E-state index is 13.3. The van der Waals surface area contributed by atoms with Crippen LogP contribution in [0.4, 0.5) is 0 Å². The van der Waals surface area contributed by atoms with Crippen LogP contribution in [-0.4, -0.2) is 60.6 Å². The van der Waals surface area contributed by atoms with Crippen LogP contribution in [0.25, 0.3) is 0 Å². The number of ether oxygens (including phenoxy) is 2. The fourth-order valence-electron chi connectivity index (χ4n) is 4.23. The summed E-state index contributed by atoms with van der Waals surface area (Å²) in [4.78, 5) is 29.8. The molecule has 0 N–H and O–H groups in total. The maximum Gasteiger partial charge on any atom is 0.254 e. The minimum absolute atomic E-state index is 0.00655. The molecule has 1 aromatic carbocycles. The molecule has 1 aromatic rings. The summed E-state index contributed by atoms with van der Waals surface area (Å²) in [6, 6.07) is 7.53. The molecule has 2 aliphatic heterocycles. The summed E-state index contributed by atoms with van der Waals surface area (Å²) in [7, 11) is 1.63. The summed E-state index contributed by atoms with van der Waals surface area (Å²) in [6.45, 7) is 1.56. The Labute approximate surface area is 160 Å². The molecule has 146 valence electrons. The van der Waals surface area contributed by atoms with Gasteiger partial charge in [-0.15, -0.1) is 0 Å². The smallest absolute Gasteiger partial charge is 0.254 e. The van der Waals surface area contributed by atoms with E-state index in [4.69, 9.17) is 9.47 Å². The Balaban J connectivity index is 1.64. The van der Waals surface area contributed by atoms with Crippen LogP contribution in [0.3, 0.4) is 0 Å². The van der Waals surface area contributed by atoms with Crippen LogP contribution in [0, 0.1) is 0 Å². The van der Waals surface area contributed by atoms with Crippen molar-refractivity contribution in [2.45, 2.75) is 56.7 Å². The van der Waals surface area contributed by atoms with Crippen LogP contribution in [0.1, 0.15) is 50.1 Å². The van der Waals surface area contributed by atoms with E-state index in [0.717, 1.165) is 50.1 Å². The average Bonchev–Trinajstić information content (AvgIpc) is 3.54. The molecule has 0 bridgehead atoms. The molecule has 0 radical (unpaired) electrons. The summed E-state index contributed by atoms with van der Waals surface area (Å²) in [5.74, 6) is 0.768. The highest BCUT2D eigenvalue weighted by Gasteiger charge is 2.48. The van der Waals surface area contributed by atoms with Gasteiger partial charge in [-0.05, 0) is 43.4 Å². The van der Waals surface area contributed by atoms with Gasteiger partial charge in [0, 0.05) is 19.1 Å². The van der Waals surface area contributed by atoms with Gasteiger partial charge in [-0.3, -0.25) is 9.59 Å². The van der Waals surface area contributed by atoms with Crippen molar-refractivity contribution in [1.82, 2.24) is 9.80 Å². The van der Waals surface area contributed by atoms with Crippen LogP contribution < -0.4 is 4.74 Å². The average molecular weight is 372 g/mol. The highest BCUT2D eigenvalue weighted by atomic mass is 16.5. The van der Waals surface area contributed by atoms with E-state index < -0.39 is 6.10 Å². The predicted molar refractivity (Wildman–Crippen MR) is 100 cm³/mol. The van der Waals surface area contributed by atoms with Crippen molar-refractivity contribution < 1.29 is 19.1 Å². The Kier molecular flexibility index (Phi) is 5.34. The van der Waals surface area contributed by atoms with E-state index in [9.17, 15) is 9.59 Å². The molecule has 2 atom stereocenters. The Bertz CT molecular complexity index is 678. The summed E-state index contributed by atoms with van der Waals surface area (Å²) in [6.07, 6.45) is 5.79. The summed E-state index contributed by atoms with van der Waals surface area (Å²) >= 11 is 0. The zero-order chi connectivity index (χ0) is 18.8. The van der Waals surface area contributed by atoms with Gasteiger partial charge in [-0.1, -0.05) is 25.0 Å². The fourth-order valence-corrected chi connectivity index (χ4v) is 4.23. The highest BCUT2D eigenvalue weighted by molar-refractivity contribution is 5.87. The molecule has 0 unspecified atom stereocenters. The molecule has 1 saturated carbocycles. The van der Waals surface area contributed by atoms with Crippen molar-refractivity contribution in [3.8, 4) is 5.75 Å². The maximum absolute atomic E-state index is 13.3. The van der Waals surface area contributed by atoms with Gasteiger partial charge in [0.1, 0.15) is 12.4 Å². The zero-order valence-corrected chi connectivity index (χ0v) is 15.9. The van der Waals surface area contributed by atoms with Crippen molar-refractivity contribution in [3.05, 3.63) is 29.8 Å². The first-order valence-corrected chi connectivity index (χ1v) is 10.0. The largest absolute Gasteiger partial charge is 0.497 e. The van der Waals surface area contributed by atoms with E-state index in [1.54, 1.807) is 7.11 Å². The number of carbonyl (C=O) groups is 2. The van der Waals surface area contributed by atoms with Gasteiger partial charge < -0.3 is 19.3 Å². The summed E-state index contributed by atoms with van der Waals surface area (Å²) in [5, 5.41) is 0. The van der Waals surface area contributed by atoms with E-state index in [1.165, 1.54) is 12.8 Å². The third kappa shape index (κ3) is 3.81. The molecule has 6 heteroatoms. The van der Waals surface area contributed by atoms with Crippen LogP contribution >= 0.6 is 0 Å². The molecule has 2 heterocycles. The lowest BCUT2D eigenvalue weighted by Crippen LogP contribution is -2.55. The number of hydrogen-bond acceptors (Lipinski definition) is 4. The molecular formula is C21H28N2O4. The summed E-state index contributed by atoms with van der Waals surface area (Å²) in [5.41, 5.74) is 0.934. The molecule has 3 fully saturated rings. The first-order valence-electron chi connectivity index (χ1n) is 10.0. The molecule has 6 nitrogen and oxygen atoms in total. The monoisotopic (exact) mass is 372 g/mol. The van der Waals surface area contributed by atoms with Gasteiger partial charge in [-0.25, -0.2) is 0 Å². The van der Waals surface area contributed by atoms with Gasteiger partial charge in [0.05, 0.1) is 13.2 Å². The van der Waals surface area contributed by atoms with Crippen LogP contribution in [0.15, 0.2) is 24.3 Å². The lowest BCUT2D eigenvalue weighted by Gasteiger charge is -2.42. The predicted octanol–water partition coefficient (Wildman–Crippen LogP) is 2.53. The minimum Gasteiger partial charge on any atom is -0.497 e. The molecule has 4 rings (SSSR count). The van der Waals surface area contributed by atoms with E-state index in [2.05, 4.69) is 0 Å². The number of likely N-dealkylation sites (tertiary alicyclic amines) is 1. The fraction of sp³-hybridized carbons (Fsp3) is 0.619. The Hall–Kier alpha value is -2.08. The number of nitrogens with zero attached hydrogens (tertiary/aromatic N) is 2. The van der Waals surface area contributed by atoms with Crippen molar-refractivity contribution in [2.24, 2.45) is 0 Å². The number of morpholine rings is 1. The first-order chi connectivity index (χ1) is 13.2. The number of methoxy groups -OCH3 is 1. The van der Waals surface area contributed by atoms with Gasteiger partial charge >= 0.3 is 0 Å². The van der Waals surface area contributed by atoms with E-state index in [1.807, 2.05) is 34.1 Å². The molecule has 0 spiro atoms. The van der Waals surface area contributed by atoms with Gasteiger partial charge in [0.15, 0.2) is 6.10 Å². The summed E-state index contributed by atoms with van der Waals surface area (Å²) < 4.78 is 11.1. The molecule has 3 aliphatic rings. The standard InChI is InChI=1S/C21H28N2O4/c1-26-17-10-6-15(7-11-17)19-20(21(25)22-12-4-2-3-5-13-22)27-14-18(24)23(19)16-8-9-16/h6-7,10-11,16,19-20H,2-5,8-9,12-14H2,1H3/t19-,20+/m1/s1. The number of amides is 2. The second kappa shape index (κ2) is 7.89. The number of hydrogen-bond donors (Lipinski definition) is 0. The number of rotatable bonds is 4. The number of benzene rings is 1. The molecule has 0 aromatic heterocycles. The molecule has 2 amide bonds. The van der Waals surface area contributed by atoms with Crippen LogP contribution in [0.2, 0.25) is 0 Å². The third-order valence-electron chi connectivity index (χ3n) is 5.82. The quantitative estimate of drug-likeness (QED) is 0.815. The lowest BCUT2D eigenvalue weighted by atomic mass is 9.96. The number of carbonyl (C=O) groups excluding carboxylic acids is 2. The Morgan fingerprint density at radius 2 is 1.74 bits per heavy atom. The van der Waals surface area contributed by atoms with Gasteiger partial charge in [0.2, 0.25) is 5.91 Å². The second-order valence-electron chi connectivity index (χ2n) is 7.72. The highest BCUT2D eigenvalue weighted by Crippen LogP contribution is 2.40. The zero-order valence-electron chi connectivity index (χ0n) is 15.9. The Morgan fingerprint density at radius 3 is 2.33 bits per heavy atom. The third-order valence-corrected chi connectivity index (χ3v) is 5.82. The SMILES string of the molecule is COc1ccc([C@@H]2[C@@H](C(=O)N3CCCCCC3)OCC(=O)N2C2CC2)cc1. The molecule has 1 aliphatic carbocycles. The second-order valence-corrected chi connectivity index (χ2v) is 7.72. The normalized spacial score (nSPS) is 26.6. The lowest BCUT2D eigenvalue weighted by molar-refractivity contribution is -0.170. The molecule has 2 saturated heterocycles. The van der Waals surface area contributed by atoms with E-state index in [-0.39, 0.29) is 30.5 Å². The van der Waals surface area contributed by atoms with Crippen molar-refractivity contribution in [3.63, 3.8) is 0 Å². The van der Waals surface area contributed by atoms with Crippen molar-refractivity contribution >= 4 is 11.8 Å². The van der Waals surface area contributed by atoms with Gasteiger partial charge in [0.25, 0.3) is 5.91 Å². The molecule has 27 heavy (non-hydrogen) atoms. The van der Waals surface area contributed by atoms with E-state index >= 15 is 0 Å². The minimum atomic E-state index is -0.630.